The number of halogens is 2. The molecule has 2 rings (SSSR count). The summed E-state index contributed by atoms with van der Waals surface area (Å²) >= 11 is 14.6. The summed E-state index contributed by atoms with van der Waals surface area (Å²) in [4.78, 5) is 0. The summed E-state index contributed by atoms with van der Waals surface area (Å²) in [6, 6.07) is 5.62. The highest BCUT2D eigenvalue weighted by Crippen LogP contribution is 2.25. The van der Waals surface area contributed by atoms with Gasteiger partial charge in [0, 0.05) is 15.9 Å². The van der Waals surface area contributed by atoms with Crippen molar-refractivity contribution >= 4 is 50.5 Å². The van der Waals surface area contributed by atoms with Gasteiger partial charge in [-0.3, -0.25) is 0 Å². The van der Waals surface area contributed by atoms with Gasteiger partial charge in [-0.25, -0.2) is 0 Å². The summed E-state index contributed by atoms with van der Waals surface area (Å²) in [6.07, 6.45) is 8.43. The van der Waals surface area contributed by atoms with Crippen LogP contribution in [0.1, 0.15) is 12.8 Å². The molecular weight excluding hydrogens is 332 g/mol. The number of thiocarbonyl (C=S) groups is 1. The Kier molecular flexibility index (Phi) is 4.80. The molecule has 0 radical (unpaired) electrons. The zero-order chi connectivity index (χ0) is 13.0. The number of nitrogens with one attached hydrogen (secondary N) is 2. The molecule has 1 aliphatic carbocycles. The molecule has 0 atom stereocenters. The number of anilines is 1. The Balaban J connectivity index is 1.96. The summed E-state index contributed by atoms with van der Waals surface area (Å²) in [5.41, 5.74) is 1.89. The van der Waals surface area contributed by atoms with Crippen molar-refractivity contribution in [2.24, 2.45) is 0 Å². The van der Waals surface area contributed by atoms with Crippen LogP contribution < -0.4 is 10.6 Å². The summed E-state index contributed by atoms with van der Waals surface area (Å²) < 4.78 is 0.867. The van der Waals surface area contributed by atoms with E-state index in [1.54, 1.807) is 0 Å². The SMILES string of the molecule is S=C(NC1=CCCC=C1)Nc1ccc(Br)c(Cl)c1. The van der Waals surface area contributed by atoms with Gasteiger partial charge in [0.05, 0.1) is 5.02 Å². The third-order valence-corrected chi connectivity index (χ3v) is 3.87. The first kappa shape index (κ1) is 13.6. The topological polar surface area (TPSA) is 24.1 Å². The lowest BCUT2D eigenvalue weighted by atomic mass is 10.1. The molecule has 0 aromatic heterocycles. The fourth-order valence-electron chi connectivity index (χ4n) is 1.57. The molecule has 1 aromatic rings. The lowest BCUT2D eigenvalue weighted by molar-refractivity contribution is 0.987. The van der Waals surface area contributed by atoms with E-state index in [1.807, 2.05) is 24.3 Å². The molecule has 0 amide bonds. The van der Waals surface area contributed by atoms with E-state index < -0.39 is 0 Å². The van der Waals surface area contributed by atoms with Crippen LogP contribution in [-0.4, -0.2) is 5.11 Å². The Bertz CT molecular complexity index is 526. The van der Waals surface area contributed by atoms with Gasteiger partial charge >= 0.3 is 0 Å². The Labute approximate surface area is 125 Å². The summed E-state index contributed by atoms with van der Waals surface area (Å²) in [7, 11) is 0. The third-order valence-electron chi connectivity index (χ3n) is 2.43. The van der Waals surface area contributed by atoms with Gasteiger partial charge in [0.2, 0.25) is 0 Å². The summed E-state index contributed by atoms with van der Waals surface area (Å²) in [5.74, 6) is 0. The van der Waals surface area contributed by atoms with E-state index in [0.717, 1.165) is 28.7 Å². The van der Waals surface area contributed by atoms with Crippen molar-refractivity contribution in [2.75, 3.05) is 5.32 Å². The largest absolute Gasteiger partial charge is 0.333 e. The Morgan fingerprint density at radius 1 is 1.28 bits per heavy atom. The molecule has 0 spiro atoms. The zero-order valence-electron chi connectivity index (χ0n) is 9.54. The van der Waals surface area contributed by atoms with Crippen LogP contribution in [0.2, 0.25) is 5.02 Å². The number of benzene rings is 1. The Morgan fingerprint density at radius 2 is 2.11 bits per heavy atom. The van der Waals surface area contributed by atoms with Gasteiger partial charge in [0.25, 0.3) is 0 Å². The highest BCUT2D eigenvalue weighted by Gasteiger charge is 2.03. The molecule has 5 heteroatoms. The predicted octanol–water partition coefficient (Wildman–Crippen LogP) is 4.62. The smallest absolute Gasteiger partial charge is 0.175 e. The molecule has 1 aromatic carbocycles. The van der Waals surface area contributed by atoms with E-state index in [2.05, 4.69) is 38.7 Å². The van der Waals surface area contributed by atoms with E-state index in [9.17, 15) is 0 Å². The highest BCUT2D eigenvalue weighted by atomic mass is 79.9. The van der Waals surface area contributed by atoms with E-state index >= 15 is 0 Å². The van der Waals surface area contributed by atoms with Gasteiger partial charge in [0.15, 0.2) is 5.11 Å². The molecular formula is C13H12BrClN2S. The van der Waals surface area contributed by atoms with Crippen molar-refractivity contribution < 1.29 is 0 Å². The zero-order valence-corrected chi connectivity index (χ0v) is 12.7. The average molecular weight is 344 g/mol. The van der Waals surface area contributed by atoms with Gasteiger partial charge in [-0.2, -0.15) is 0 Å². The maximum absolute atomic E-state index is 6.02. The molecule has 0 saturated heterocycles. The minimum Gasteiger partial charge on any atom is -0.333 e. The molecule has 0 bridgehead atoms. The first-order valence-electron chi connectivity index (χ1n) is 5.55. The molecule has 0 unspecified atom stereocenters. The van der Waals surface area contributed by atoms with Crippen molar-refractivity contribution in [3.05, 3.63) is 51.6 Å². The maximum Gasteiger partial charge on any atom is 0.175 e. The van der Waals surface area contributed by atoms with Crippen LogP contribution in [0.4, 0.5) is 5.69 Å². The molecule has 94 valence electrons. The maximum atomic E-state index is 6.02. The molecule has 1 aliphatic rings. The van der Waals surface area contributed by atoms with Crippen molar-refractivity contribution in [3.63, 3.8) is 0 Å². The molecule has 18 heavy (non-hydrogen) atoms. The number of rotatable bonds is 2. The average Bonchev–Trinajstić information content (AvgIpc) is 2.35. The van der Waals surface area contributed by atoms with Crippen LogP contribution in [0, 0.1) is 0 Å². The molecule has 0 heterocycles. The fourth-order valence-corrected chi connectivity index (χ4v) is 2.24. The van der Waals surface area contributed by atoms with Crippen LogP contribution in [0.25, 0.3) is 0 Å². The van der Waals surface area contributed by atoms with Crippen molar-refractivity contribution in [3.8, 4) is 0 Å². The van der Waals surface area contributed by atoms with Gasteiger partial charge in [0.1, 0.15) is 0 Å². The van der Waals surface area contributed by atoms with Crippen molar-refractivity contribution in [1.29, 1.82) is 0 Å². The molecule has 0 aliphatic heterocycles. The minimum atomic E-state index is 0.561. The summed E-state index contributed by atoms with van der Waals surface area (Å²) in [6.45, 7) is 0. The van der Waals surface area contributed by atoms with Gasteiger partial charge < -0.3 is 10.6 Å². The lowest BCUT2D eigenvalue weighted by Crippen LogP contribution is -2.27. The first-order valence-corrected chi connectivity index (χ1v) is 7.13. The molecule has 0 saturated carbocycles. The van der Waals surface area contributed by atoms with Gasteiger partial charge in [-0.05, 0) is 65.3 Å². The highest BCUT2D eigenvalue weighted by molar-refractivity contribution is 9.10. The normalized spacial score (nSPS) is 14.0. The molecule has 0 fully saturated rings. The lowest BCUT2D eigenvalue weighted by Gasteiger charge is -2.13. The standard InChI is InChI=1S/C13H12BrClN2S/c14-11-7-6-10(8-12(11)15)17-13(18)16-9-4-2-1-3-5-9/h2,4-8H,1,3H2,(H2,16,17,18). The first-order chi connectivity index (χ1) is 8.65. The fraction of sp³-hybridized carbons (Fsp3) is 0.154. The number of allylic oxidation sites excluding steroid dienone is 3. The Morgan fingerprint density at radius 3 is 2.78 bits per heavy atom. The van der Waals surface area contributed by atoms with Crippen LogP contribution >= 0.6 is 39.7 Å². The Hall–Kier alpha value is -0.840. The second-order valence-corrected chi connectivity index (χ2v) is 5.52. The third kappa shape index (κ3) is 3.83. The quantitative estimate of drug-likeness (QED) is 0.766. The van der Waals surface area contributed by atoms with E-state index in [-0.39, 0.29) is 0 Å². The van der Waals surface area contributed by atoms with E-state index in [0.29, 0.717) is 10.1 Å². The monoisotopic (exact) mass is 342 g/mol. The van der Waals surface area contributed by atoms with Crippen LogP contribution in [0.5, 0.6) is 0 Å². The second kappa shape index (κ2) is 6.36. The van der Waals surface area contributed by atoms with E-state index in [1.165, 1.54) is 0 Å². The number of hydrogen-bond acceptors (Lipinski definition) is 1. The second-order valence-electron chi connectivity index (χ2n) is 3.85. The molecule has 2 N–H and O–H groups in total. The van der Waals surface area contributed by atoms with E-state index in [4.69, 9.17) is 23.8 Å². The van der Waals surface area contributed by atoms with Crippen molar-refractivity contribution in [2.45, 2.75) is 12.8 Å². The van der Waals surface area contributed by atoms with Crippen molar-refractivity contribution in [1.82, 2.24) is 5.32 Å². The minimum absolute atomic E-state index is 0.561. The van der Waals surface area contributed by atoms with Crippen LogP contribution in [0.15, 0.2) is 46.6 Å². The predicted molar refractivity (Wildman–Crippen MR) is 85.0 cm³/mol. The summed E-state index contributed by atoms with van der Waals surface area (Å²) in [5, 5.41) is 7.45. The van der Waals surface area contributed by atoms with Crippen LogP contribution in [-0.2, 0) is 0 Å². The number of hydrogen-bond donors (Lipinski definition) is 2. The van der Waals surface area contributed by atoms with Gasteiger partial charge in [-0.1, -0.05) is 23.8 Å². The van der Waals surface area contributed by atoms with Gasteiger partial charge in [-0.15, -0.1) is 0 Å². The molecule has 2 nitrogen and oxygen atoms in total. The van der Waals surface area contributed by atoms with Crippen LogP contribution in [0.3, 0.4) is 0 Å².